The van der Waals surface area contributed by atoms with Gasteiger partial charge in [0.05, 0.1) is 17.7 Å². The number of hydrogen-bond donors (Lipinski definition) is 0. The fourth-order valence-electron chi connectivity index (χ4n) is 1.71. The van der Waals surface area contributed by atoms with Crippen LogP contribution in [0.1, 0.15) is 15.9 Å². The van der Waals surface area contributed by atoms with E-state index in [1.54, 1.807) is 0 Å². The van der Waals surface area contributed by atoms with Crippen LogP contribution in [0.5, 0.6) is 5.75 Å². The number of benzene rings is 2. The van der Waals surface area contributed by atoms with Crippen LogP contribution in [0.3, 0.4) is 0 Å². The summed E-state index contributed by atoms with van der Waals surface area (Å²) in [5.41, 5.74) is -0.767. The maximum absolute atomic E-state index is 13.6. The van der Waals surface area contributed by atoms with Crippen LogP contribution in [0.4, 0.5) is 8.78 Å². The van der Waals surface area contributed by atoms with E-state index in [4.69, 9.17) is 27.9 Å². The number of ether oxygens (including phenoxy) is 1. The van der Waals surface area contributed by atoms with Crippen molar-refractivity contribution in [3.8, 4) is 5.75 Å². The zero-order valence-corrected chi connectivity index (χ0v) is 11.7. The van der Waals surface area contributed by atoms with Crippen LogP contribution < -0.4 is 4.74 Å². The van der Waals surface area contributed by atoms with Gasteiger partial charge in [0.15, 0.2) is 5.78 Å². The summed E-state index contributed by atoms with van der Waals surface area (Å²) in [6, 6.07) is 5.87. The standard InChI is InChI=1S/C14H8Cl2F2O2/c1-20-10-6-5-7(12(15)13(10)16)14(19)11-8(17)3-2-4-9(11)18/h2-6H,1H3. The van der Waals surface area contributed by atoms with Crippen LogP contribution in [-0.2, 0) is 0 Å². The molecule has 0 bridgehead atoms. The summed E-state index contributed by atoms with van der Waals surface area (Å²) in [7, 11) is 1.38. The Balaban J connectivity index is 2.58. The Morgan fingerprint density at radius 3 is 2.20 bits per heavy atom. The van der Waals surface area contributed by atoms with Crippen LogP contribution in [0.2, 0.25) is 10.0 Å². The van der Waals surface area contributed by atoms with E-state index in [9.17, 15) is 13.6 Å². The zero-order valence-electron chi connectivity index (χ0n) is 10.2. The van der Waals surface area contributed by atoms with Crippen LogP contribution >= 0.6 is 23.2 Å². The minimum atomic E-state index is -0.960. The molecule has 0 unspecified atom stereocenters. The number of carbonyl (C=O) groups is 1. The maximum atomic E-state index is 13.6. The average molecular weight is 317 g/mol. The van der Waals surface area contributed by atoms with Crippen molar-refractivity contribution in [1.29, 1.82) is 0 Å². The highest BCUT2D eigenvalue weighted by Crippen LogP contribution is 2.35. The molecule has 0 saturated carbocycles. The molecule has 0 aliphatic carbocycles. The van der Waals surface area contributed by atoms with E-state index in [1.165, 1.54) is 25.3 Å². The van der Waals surface area contributed by atoms with Gasteiger partial charge in [-0.2, -0.15) is 0 Å². The van der Waals surface area contributed by atoms with Gasteiger partial charge in [-0.3, -0.25) is 4.79 Å². The van der Waals surface area contributed by atoms with Gasteiger partial charge in [-0.05, 0) is 24.3 Å². The van der Waals surface area contributed by atoms with Crippen LogP contribution in [-0.4, -0.2) is 12.9 Å². The Bertz CT molecular complexity index is 667. The van der Waals surface area contributed by atoms with E-state index in [0.29, 0.717) is 0 Å². The first-order chi connectivity index (χ1) is 9.47. The average Bonchev–Trinajstić information content (AvgIpc) is 2.41. The zero-order chi connectivity index (χ0) is 14.9. The topological polar surface area (TPSA) is 26.3 Å². The molecule has 0 saturated heterocycles. The minimum Gasteiger partial charge on any atom is -0.495 e. The highest BCUT2D eigenvalue weighted by molar-refractivity contribution is 6.45. The van der Waals surface area contributed by atoms with E-state index < -0.39 is 23.0 Å². The number of halogens is 4. The largest absolute Gasteiger partial charge is 0.495 e. The summed E-state index contributed by atoms with van der Waals surface area (Å²) in [6.07, 6.45) is 0. The summed E-state index contributed by atoms with van der Waals surface area (Å²) >= 11 is 11.9. The molecule has 0 N–H and O–H groups in total. The van der Waals surface area contributed by atoms with Gasteiger partial charge in [-0.25, -0.2) is 8.78 Å². The van der Waals surface area contributed by atoms with Gasteiger partial charge >= 0.3 is 0 Å². The molecular weight excluding hydrogens is 309 g/mol. The molecule has 0 atom stereocenters. The molecule has 0 spiro atoms. The SMILES string of the molecule is COc1ccc(C(=O)c2c(F)cccc2F)c(Cl)c1Cl. The predicted octanol–water partition coefficient (Wildman–Crippen LogP) is 4.51. The molecule has 0 radical (unpaired) electrons. The molecule has 0 aliphatic rings. The fourth-order valence-corrected chi connectivity index (χ4v) is 2.20. The lowest BCUT2D eigenvalue weighted by atomic mass is 10.0. The maximum Gasteiger partial charge on any atom is 0.200 e. The molecule has 0 heterocycles. The van der Waals surface area contributed by atoms with Gasteiger partial charge in [0.2, 0.25) is 0 Å². The van der Waals surface area contributed by atoms with Gasteiger partial charge in [-0.15, -0.1) is 0 Å². The smallest absolute Gasteiger partial charge is 0.200 e. The highest BCUT2D eigenvalue weighted by atomic mass is 35.5. The monoisotopic (exact) mass is 316 g/mol. The number of carbonyl (C=O) groups excluding carboxylic acids is 1. The quantitative estimate of drug-likeness (QED) is 0.779. The first-order valence-corrected chi connectivity index (χ1v) is 6.23. The summed E-state index contributed by atoms with van der Waals surface area (Å²) in [4.78, 5) is 12.2. The van der Waals surface area contributed by atoms with Crippen molar-refractivity contribution in [2.24, 2.45) is 0 Å². The van der Waals surface area contributed by atoms with E-state index in [-0.39, 0.29) is 21.4 Å². The second-order valence-corrected chi connectivity index (χ2v) is 4.63. The summed E-state index contributed by atoms with van der Waals surface area (Å²) in [5, 5.41) is -0.101. The number of rotatable bonds is 3. The molecule has 0 amide bonds. The highest BCUT2D eigenvalue weighted by Gasteiger charge is 2.23. The molecule has 2 nitrogen and oxygen atoms in total. The molecular formula is C14H8Cl2F2O2. The Labute approximate surface area is 123 Å². The van der Waals surface area contributed by atoms with E-state index in [2.05, 4.69) is 0 Å². The Morgan fingerprint density at radius 2 is 1.65 bits per heavy atom. The molecule has 20 heavy (non-hydrogen) atoms. The molecule has 6 heteroatoms. The third kappa shape index (κ3) is 2.49. The third-order valence-electron chi connectivity index (χ3n) is 2.70. The second kappa shape index (κ2) is 5.77. The van der Waals surface area contributed by atoms with Crippen LogP contribution in [0, 0.1) is 11.6 Å². The molecule has 2 rings (SSSR count). The van der Waals surface area contributed by atoms with Crippen molar-refractivity contribution >= 4 is 29.0 Å². The van der Waals surface area contributed by atoms with Crippen molar-refractivity contribution in [2.45, 2.75) is 0 Å². The third-order valence-corrected chi connectivity index (χ3v) is 3.57. The number of hydrogen-bond acceptors (Lipinski definition) is 2. The van der Waals surface area contributed by atoms with Gasteiger partial charge in [0, 0.05) is 5.56 Å². The number of ketones is 1. The summed E-state index contributed by atoms with van der Waals surface area (Å²) in [5.74, 6) is -2.53. The summed E-state index contributed by atoms with van der Waals surface area (Å²) in [6.45, 7) is 0. The molecule has 2 aromatic carbocycles. The lowest BCUT2D eigenvalue weighted by molar-refractivity contribution is 0.103. The van der Waals surface area contributed by atoms with Gasteiger partial charge < -0.3 is 4.74 Å². The van der Waals surface area contributed by atoms with Crippen LogP contribution in [0.15, 0.2) is 30.3 Å². The first-order valence-electron chi connectivity index (χ1n) is 5.48. The van der Waals surface area contributed by atoms with Crippen LogP contribution in [0.25, 0.3) is 0 Å². The van der Waals surface area contributed by atoms with Crippen molar-refractivity contribution in [3.63, 3.8) is 0 Å². The van der Waals surface area contributed by atoms with Gasteiger partial charge in [0.1, 0.15) is 22.4 Å². The van der Waals surface area contributed by atoms with E-state index >= 15 is 0 Å². The van der Waals surface area contributed by atoms with Crippen molar-refractivity contribution < 1.29 is 18.3 Å². The Kier molecular flexibility index (Phi) is 4.26. The fraction of sp³-hybridized carbons (Fsp3) is 0.0714. The van der Waals surface area contributed by atoms with Crippen molar-refractivity contribution in [2.75, 3.05) is 7.11 Å². The van der Waals surface area contributed by atoms with Gasteiger partial charge in [-0.1, -0.05) is 29.3 Å². The van der Waals surface area contributed by atoms with Crippen molar-refractivity contribution in [3.05, 3.63) is 63.1 Å². The normalized spacial score (nSPS) is 10.4. The second-order valence-electron chi connectivity index (χ2n) is 3.87. The number of methoxy groups -OCH3 is 1. The summed E-state index contributed by atoms with van der Waals surface area (Å²) < 4.78 is 32.1. The minimum absolute atomic E-state index is 0.0109. The van der Waals surface area contributed by atoms with E-state index in [1.807, 2.05) is 0 Å². The predicted molar refractivity (Wildman–Crippen MR) is 72.8 cm³/mol. The van der Waals surface area contributed by atoms with E-state index in [0.717, 1.165) is 12.1 Å². The molecule has 0 aromatic heterocycles. The molecule has 104 valence electrons. The Morgan fingerprint density at radius 1 is 1.05 bits per heavy atom. The lowest BCUT2D eigenvalue weighted by Crippen LogP contribution is -2.08. The molecule has 0 aliphatic heterocycles. The van der Waals surface area contributed by atoms with Crippen molar-refractivity contribution in [1.82, 2.24) is 0 Å². The molecule has 2 aromatic rings. The first kappa shape index (κ1) is 14.8. The molecule has 0 fully saturated rings. The van der Waals surface area contributed by atoms with Gasteiger partial charge in [0.25, 0.3) is 0 Å². The Hall–Kier alpha value is -1.65. The lowest BCUT2D eigenvalue weighted by Gasteiger charge is -2.10.